The highest BCUT2D eigenvalue weighted by Crippen LogP contribution is 2.71. The van der Waals surface area contributed by atoms with E-state index in [1.165, 1.54) is 32.5 Å². The summed E-state index contributed by atoms with van der Waals surface area (Å²) >= 11 is 0. The maximum Gasteiger partial charge on any atom is 0.340 e. The number of anilines is 3. The van der Waals surface area contributed by atoms with Crippen LogP contribution in [0.2, 0.25) is 24.2 Å². The lowest BCUT2D eigenvalue weighted by atomic mass is 9.45. The highest BCUT2D eigenvalue weighted by atomic mass is 28.3. The second-order valence-electron chi connectivity index (χ2n) is 32.5. The van der Waals surface area contributed by atoms with Crippen LogP contribution in [0.3, 0.4) is 0 Å². The third-order valence-corrected chi connectivity index (χ3v) is 31.6. The van der Waals surface area contributed by atoms with Crippen LogP contribution in [-0.2, 0) is 66.7 Å². The molecule has 3 aromatic heterocycles. The number of nitrogens with two attached hydrogens (primary N) is 1. The first-order valence-electron chi connectivity index (χ1n) is 40.4. The number of H-pyrrole nitrogens is 2. The molecule has 0 radical (unpaired) electrons. The van der Waals surface area contributed by atoms with Crippen LogP contribution in [-0.4, -0.2) is 224 Å². The minimum absolute atomic E-state index is 0.0164. The number of carboxylic acids is 1. The lowest BCUT2D eigenvalue weighted by molar-refractivity contribution is -0.197. The number of para-hydroxylation sites is 1. The largest absolute Gasteiger partial charge is 0.496 e. The number of esters is 2. The van der Waals surface area contributed by atoms with Gasteiger partial charge in [0.15, 0.2) is 16.8 Å². The number of nitrogens with one attached hydrogen (secondary N) is 6. The van der Waals surface area contributed by atoms with Crippen molar-refractivity contribution in [2.45, 2.75) is 194 Å². The van der Waals surface area contributed by atoms with Crippen LogP contribution >= 0.6 is 0 Å². The first kappa shape index (κ1) is 81.2. The number of likely N-dealkylation sites (N-methyl/N-ethyl adjacent to an activating group) is 1. The molecular formula is C83H113N13O15Si. The molecular weight excluding hydrogens is 1450 g/mol. The van der Waals surface area contributed by atoms with Gasteiger partial charge >= 0.3 is 17.9 Å². The SMILES string of the molecule is CC[C@]1(O)C[C@H]2CN(CCc3c([nH]c4ccccc34)[C@@](C(=O)OC)(c3cc4c(cc3OC)N(C)[C@H]3[C@@](O)(C(=O)OC)[C@H](C[Si]5(CCCCC(=O)NCCOCCCCCOCCNC(=O)CC[C@H](NC(=O)c6ccc(NCc7cnc8nc(N)[nH]c(=O)c8n7)cc6)C(=O)O)CCCCC5)[C@]5(CC)C=CCN6CC[C@]43[C@@H]65)C2)C1. The van der Waals surface area contributed by atoms with Gasteiger partial charge in [-0.05, 0) is 137 Å². The quantitative estimate of drug-likeness (QED) is 0.00797. The number of nitrogens with zero attached hydrogens (tertiary/aromatic N) is 6. The van der Waals surface area contributed by atoms with Gasteiger partial charge in [-0.25, -0.2) is 19.6 Å². The summed E-state index contributed by atoms with van der Waals surface area (Å²) in [4.78, 5) is 121. The molecule has 3 amide bonds. The zero-order valence-corrected chi connectivity index (χ0v) is 66.7. The number of rotatable bonds is 34. The number of unbranched alkanes of at least 4 members (excludes halogenated alkanes) is 3. The zero-order valence-electron chi connectivity index (χ0n) is 65.7. The van der Waals surface area contributed by atoms with Crippen molar-refractivity contribution in [1.29, 1.82) is 0 Å². The average molecular weight is 1560 g/mol. The van der Waals surface area contributed by atoms with Crippen molar-refractivity contribution in [3.05, 3.63) is 123 Å². The Kier molecular flexibility index (Phi) is 25.0. The molecule has 1 unspecified atom stereocenters. The van der Waals surface area contributed by atoms with E-state index in [9.17, 15) is 39.3 Å². The van der Waals surface area contributed by atoms with Crippen LogP contribution in [0.25, 0.3) is 22.1 Å². The molecule has 1 saturated carbocycles. The van der Waals surface area contributed by atoms with Gasteiger partial charge in [0.2, 0.25) is 17.8 Å². The number of hydrogen-bond donors (Lipinski definition) is 10. The normalized spacial score (nSPS) is 26.5. The second kappa shape index (κ2) is 34.5. The van der Waals surface area contributed by atoms with Gasteiger partial charge in [0.05, 0.1) is 72.7 Å². The number of carbonyl (C=O) groups is 6. The van der Waals surface area contributed by atoms with E-state index in [0.717, 1.165) is 122 Å². The molecule has 11 atom stereocenters. The van der Waals surface area contributed by atoms with Gasteiger partial charge in [0.1, 0.15) is 17.2 Å². The van der Waals surface area contributed by atoms with Crippen molar-refractivity contribution >= 4 is 83.1 Å². The number of aromatic nitrogens is 5. The number of aliphatic hydroxyl groups is 2. The number of carboxylic acid groups (broad SMARTS) is 1. The van der Waals surface area contributed by atoms with Crippen LogP contribution in [0.15, 0.2) is 83.8 Å². The van der Waals surface area contributed by atoms with E-state index in [1.54, 1.807) is 19.2 Å². The zero-order chi connectivity index (χ0) is 79.2. The molecule has 7 aliphatic rings. The fourth-order valence-corrected chi connectivity index (χ4v) is 27.0. The molecule has 6 aromatic rings. The van der Waals surface area contributed by atoms with Crippen molar-refractivity contribution in [2.75, 3.05) is 117 Å². The minimum atomic E-state index is -2.30. The Hall–Kier alpha value is -8.84. The van der Waals surface area contributed by atoms with E-state index in [-0.39, 0.29) is 79.0 Å². The number of nitrogen functional groups attached to an aromatic ring is 1. The van der Waals surface area contributed by atoms with Gasteiger partial charge in [0.25, 0.3) is 11.5 Å². The molecule has 9 heterocycles. The smallest absolute Gasteiger partial charge is 0.340 e. The van der Waals surface area contributed by atoms with Crippen LogP contribution in [0.5, 0.6) is 5.75 Å². The molecule has 6 aliphatic heterocycles. The van der Waals surface area contributed by atoms with E-state index < -0.39 is 82.9 Å². The maximum absolute atomic E-state index is 15.8. The predicted octanol–water partition coefficient (Wildman–Crippen LogP) is 7.80. The topological polar surface area (TPSA) is 380 Å². The lowest BCUT2D eigenvalue weighted by Gasteiger charge is -2.65. The van der Waals surface area contributed by atoms with Crippen molar-refractivity contribution in [2.24, 2.45) is 17.3 Å². The summed E-state index contributed by atoms with van der Waals surface area (Å²) in [6.45, 7) is 10.2. The van der Waals surface area contributed by atoms with Gasteiger partial charge in [-0.2, -0.15) is 4.98 Å². The van der Waals surface area contributed by atoms with E-state index in [4.69, 9.17) is 29.4 Å². The summed E-state index contributed by atoms with van der Waals surface area (Å²) < 4.78 is 30.3. The highest BCUT2D eigenvalue weighted by molar-refractivity contribution is 6.80. The van der Waals surface area contributed by atoms with Crippen LogP contribution in [0.4, 0.5) is 17.3 Å². The number of fused-ring (bicyclic) bond motifs is 7. The van der Waals surface area contributed by atoms with Crippen LogP contribution in [0.1, 0.15) is 155 Å². The molecule has 28 nitrogen and oxygen atoms in total. The fraction of sp³-hybridized carbons (Fsp3) is 0.590. The Bertz CT molecular complexity index is 4520. The monoisotopic (exact) mass is 1560 g/mol. The van der Waals surface area contributed by atoms with Gasteiger partial charge in [0, 0.05) is 140 Å². The average Bonchev–Trinajstić information content (AvgIpc) is 1.45. The maximum atomic E-state index is 15.8. The molecule has 604 valence electrons. The van der Waals surface area contributed by atoms with Crippen LogP contribution in [0, 0.1) is 17.3 Å². The Morgan fingerprint density at radius 1 is 0.804 bits per heavy atom. The molecule has 1 aliphatic carbocycles. The van der Waals surface area contributed by atoms with E-state index in [1.807, 2.05) is 26.1 Å². The standard InChI is InChI=1S/C83H113N13O15Si/c1-7-79(105)46-53-47-82(76(103)108-5,69-58(29-35-95(50-53)52-79)57-20-11-12-21-61(57)90-69)60-44-59-63(45-64(60)107-4)94(3)75-81(59)31-36-96-34-19-30-80(8-2,74(81)96)65(83(75,106)77(104)109-6)51-112(41-16-10-17-42-112)43-18-13-22-66(97)85-32-39-110-37-14-9-15-38-111-40-33-86-67(98)28-27-62(73(101)102)91-71(99)54-23-25-55(26-24-54)87-48-56-49-88-70-68(89-56)72(100)93-78(84)92-70/h11-12,19-21,23-26,30,44-45,49,53,62,65,74-75,87,90,105-106H,7-10,13-18,22,27-29,31-43,46-48,50-52H2,1-6H3,(H,85,97)(H,86,98)(H,91,99)(H,101,102)(H3,84,88,92,93,100)/t53-,62+,65-,74+,75-,79+,80+,81-,82+,83-/m1/s1. The number of amides is 3. The van der Waals surface area contributed by atoms with Gasteiger partial charge in [-0.1, -0.05) is 88.0 Å². The second-order valence-corrected chi connectivity index (χ2v) is 37.5. The first-order chi connectivity index (χ1) is 54.0. The molecule has 1 spiro atoms. The molecule has 4 fully saturated rings. The summed E-state index contributed by atoms with van der Waals surface area (Å²) in [5.74, 6) is -3.47. The third-order valence-electron chi connectivity index (χ3n) is 26.1. The molecule has 11 N–H and O–H groups in total. The molecule has 112 heavy (non-hydrogen) atoms. The van der Waals surface area contributed by atoms with Gasteiger partial charge < -0.3 is 75.9 Å². The summed E-state index contributed by atoms with van der Waals surface area (Å²) in [5, 5.41) is 49.2. The fourth-order valence-electron chi connectivity index (χ4n) is 21.0. The van der Waals surface area contributed by atoms with E-state index in [0.29, 0.717) is 114 Å². The Balaban J connectivity index is 0.580. The van der Waals surface area contributed by atoms with Gasteiger partial charge in [-0.15, -0.1) is 0 Å². The Morgan fingerprint density at radius 2 is 1.54 bits per heavy atom. The van der Waals surface area contributed by atoms with E-state index in [2.05, 4.69) is 104 Å². The summed E-state index contributed by atoms with van der Waals surface area (Å²) in [6.07, 6.45) is 17.0. The number of aromatic amines is 2. The molecule has 2 bridgehead atoms. The Morgan fingerprint density at radius 3 is 2.24 bits per heavy atom. The van der Waals surface area contributed by atoms with Crippen molar-refractivity contribution < 1.29 is 67.8 Å². The minimum Gasteiger partial charge on any atom is -0.496 e. The van der Waals surface area contributed by atoms with Crippen LogP contribution < -0.4 is 42.2 Å². The first-order valence-corrected chi connectivity index (χ1v) is 43.3. The molecule has 29 heteroatoms. The number of ether oxygens (including phenoxy) is 5. The Labute approximate surface area is 654 Å². The number of hydrogen-bond acceptors (Lipinski definition) is 22. The van der Waals surface area contributed by atoms with E-state index >= 15 is 9.59 Å². The summed E-state index contributed by atoms with van der Waals surface area (Å²) in [6, 6.07) is 20.6. The highest BCUT2D eigenvalue weighted by Gasteiger charge is 2.79. The number of aliphatic carboxylic acids is 1. The number of carbonyl (C=O) groups excluding carboxylic acids is 5. The number of methoxy groups -OCH3 is 3. The lowest BCUT2D eigenvalue weighted by Crippen LogP contribution is -2.79. The molecule has 3 saturated heterocycles. The number of benzene rings is 3. The number of piperidine rings is 1. The van der Waals surface area contributed by atoms with Gasteiger partial charge in [-0.3, -0.25) is 38.8 Å². The van der Waals surface area contributed by atoms with Crippen molar-refractivity contribution in [3.8, 4) is 5.75 Å². The molecule has 13 rings (SSSR count). The van der Waals surface area contributed by atoms with Crippen molar-refractivity contribution in [1.82, 2.24) is 50.7 Å². The summed E-state index contributed by atoms with van der Waals surface area (Å²) in [5.41, 5.74) is 5.93. The molecule has 3 aromatic carbocycles. The summed E-state index contributed by atoms with van der Waals surface area (Å²) in [7, 11) is 4.27. The third kappa shape index (κ3) is 15.8. The predicted molar refractivity (Wildman–Crippen MR) is 427 cm³/mol. The van der Waals surface area contributed by atoms with Crippen molar-refractivity contribution in [3.63, 3.8) is 0 Å².